The summed E-state index contributed by atoms with van der Waals surface area (Å²) in [7, 11) is 3.85. The first-order valence-electron chi connectivity index (χ1n) is 9.86. The molecular weight excluding hydrogens is 388 g/mol. The summed E-state index contributed by atoms with van der Waals surface area (Å²) in [6.45, 7) is 5.38. The summed E-state index contributed by atoms with van der Waals surface area (Å²) in [4.78, 5) is 35.5. The zero-order valence-corrected chi connectivity index (χ0v) is 18.2. The summed E-state index contributed by atoms with van der Waals surface area (Å²) in [5, 5.41) is 0.699. The maximum atomic E-state index is 12.0. The first kappa shape index (κ1) is 24.1. The normalized spacial score (nSPS) is 17.6. The number of hydrogen-bond donors (Lipinski definition) is 0. The lowest BCUT2D eigenvalue weighted by Crippen LogP contribution is -2.26. The largest absolute Gasteiger partial charge is 0.519 e. The molecule has 27 heavy (non-hydrogen) atoms. The van der Waals surface area contributed by atoms with Gasteiger partial charge in [-0.2, -0.15) is 0 Å². The van der Waals surface area contributed by atoms with Crippen LogP contribution in [0.3, 0.4) is 0 Å². The molecule has 6 nitrogen and oxygen atoms in total. The third-order valence-electron chi connectivity index (χ3n) is 4.24. The number of rotatable bonds is 12. The average Bonchev–Trinajstić information content (AvgIpc) is 3.11. The van der Waals surface area contributed by atoms with Crippen LogP contribution in [0.5, 0.6) is 0 Å². The third-order valence-corrected chi connectivity index (χ3v) is 7.24. The van der Waals surface area contributed by atoms with Gasteiger partial charge in [0.05, 0.1) is 5.92 Å². The molecule has 0 amide bonds. The molecule has 0 saturated carbocycles. The molecule has 0 aliphatic carbocycles. The van der Waals surface area contributed by atoms with E-state index in [4.69, 9.17) is 14.2 Å². The van der Waals surface area contributed by atoms with E-state index in [9.17, 15) is 14.4 Å². The van der Waals surface area contributed by atoms with Crippen molar-refractivity contribution >= 4 is 39.7 Å². The maximum Gasteiger partial charge on any atom is 0.519 e. The summed E-state index contributed by atoms with van der Waals surface area (Å²) in [6.07, 6.45) is 5.20. The summed E-state index contributed by atoms with van der Waals surface area (Å²) in [6, 6.07) is 0. The molecule has 0 radical (unpaired) electrons. The van der Waals surface area contributed by atoms with Gasteiger partial charge in [-0.25, -0.2) is 4.79 Å². The van der Waals surface area contributed by atoms with Crippen LogP contribution in [-0.4, -0.2) is 35.4 Å². The van der Waals surface area contributed by atoms with Crippen LogP contribution in [0.1, 0.15) is 78.6 Å². The second-order valence-corrected chi connectivity index (χ2v) is 9.48. The van der Waals surface area contributed by atoms with Gasteiger partial charge >= 0.3 is 18.1 Å². The van der Waals surface area contributed by atoms with Gasteiger partial charge in [0.1, 0.15) is 0 Å². The highest BCUT2D eigenvalue weighted by Gasteiger charge is 2.24. The van der Waals surface area contributed by atoms with Gasteiger partial charge in [0.2, 0.25) is 6.29 Å². The minimum absolute atomic E-state index is 0.293. The van der Waals surface area contributed by atoms with Crippen LogP contribution in [0.4, 0.5) is 4.79 Å². The van der Waals surface area contributed by atoms with Gasteiger partial charge in [0.25, 0.3) is 0 Å². The maximum absolute atomic E-state index is 12.0. The predicted molar refractivity (Wildman–Crippen MR) is 108 cm³/mol. The Morgan fingerprint density at radius 1 is 1.07 bits per heavy atom. The Balaban J connectivity index is 2.19. The van der Waals surface area contributed by atoms with Crippen molar-refractivity contribution in [3.05, 3.63) is 0 Å². The lowest BCUT2D eigenvalue weighted by atomic mass is 9.99. The van der Waals surface area contributed by atoms with Crippen molar-refractivity contribution in [1.29, 1.82) is 0 Å². The molecule has 1 saturated heterocycles. The fraction of sp³-hybridized carbons (Fsp3) is 0.842. The molecule has 1 aliphatic heterocycles. The second-order valence-electron chi connectivity index (χ2n) is 6.70. The van der Waals surface area contributed by atoms with Crippen LogP contribution in [0.2, 0.25) is 0 Å². The molecule has 2 atom stereocenters. The Labute approximate surface area is 170 Å². The lowest BCUT2D eigenvalue weighted by molar-refractivity contribution is -0.170. The van der Waals surface area contributed by atoms with E-state index in [1.807, 2.05) is 35.4 Å². The van der Waals surface area contributed by atoms with Crippen molar-refractivity contribution in [3.8, 4) is 0 Å². The van der Waals surface area contributed by atoms with Crippen LogP contribution >= 0.6 is 21.6 Å². The summed E-state index contributed by atoms with van der Waals surface area (Å²) in [5.41, 5.74) is 0. The Morgan fingerprint density at radius 3 is 2.37 bits per heavy atom. The van der Waals surface area contributed by atoms with Crippen LogP contribution < -0.4 is 0 Å². The molecule has 0 N–H and O–H groups in total. The SMILES string of the molecule is CCCC(CCC)C(=O)OC(=O)OC(C)OC(=O)CCCC[C@@H]1CCSS1. The molecule has 1 heterocycles. The first-order chi connectivity index (χ1) is 13.0. The van der Waals surface area contributed by atoms with E-state index < -0.39 is 24.4 Å². The van der Waals surface area contributed by atoms with Crippen LogP contribution in [0, 0.1) is 5.92 Å². The highest BCUT2D eigenvalue weighted by molar-refractivity contribution is 8.77. The van der Waals surface area contributed by atoms with Gasteiger partial charge in [-0.1, -0.05) is 54.7 Å². The molecule has 0 aromatic heterocycles. The monoisotopic (exact) mass is 420 g/mol. The van der Waals surface area contributed by atoms with Crippen LogP contribution in [-0.2, 0) is 23.8 Å². The van der Waals surface area contributed by atoms with E-state index in [0.717, 1.165) is 32.1 Å². The highest BCUT2D eigenvalue weighted by Crippen LogP contribution is 2.39. The van der Waals surface area contributed by atoms with Gasteiger partial charge in [-0.3, -0.25) is 9.59 Å². The van der Waals surface area contributed by atoms with Gasteiger partial charge in [-0.15, -0.1) is 0 Å². The number of carbonyl (C=O) groups excluding carboxylic acids is 3. The summed E-state index contributed by atoms with van der Waals surface area (Å²) >= 11 is 0. The first-order valence-corrected chi connectivity index (χ1v) is 12.2. The fourth-order valence-electron chi connectivity index (χ4n) is 2.88. The van der Waals surface area contributed by atoms with E-state index in [0.29, 0.717) is 24.5 Å². The quantitative estimate of drug-likeness (QED) is 0.135. The molecule has 1 fully saturated rings. The second kappa shape index (κ2) is 14.2. The van der Waals surface area contributed by atoms with Crippen molar-refractivity contribution in [1.82, 2.24) is 0 Å². The number of carbonyl (C=O) groups is 3. The number of hydrogen-bond acceptors (Lipinski definition) is 8. The van der Waals surface area contributed by atoms with Gasteiger partial charge in [0, 0.05) is 24.3 Å². The van der Waals surface area contributed by atoms with Crippen LogP contribution in [0.15, 0.2) is 0 Å². The molecular formula is C19H32O6S2. The van der Waals surface area contributed by atoms with E-state index in [1.165, 1.54) is 19.1 Å². The molecule has 0 aromatic carbocycles. The zero-order valence-electron chi connectivity index (χ0n) is 16.6. The minimum atomic E-state index is -1.12. The topological polar surface area (TPSA) is 78.9 Å². The summed E-state index contributed by atoms with van der Waals surface area (Å²) < 4.78 is 14.6. The van der Waals surface area contributed by atoms with E-state index in [-0.39, 0.29) is 5.92 Å². The number of unbranched alkanes of at least 4 members (excludes halogenated alkanes) is 1. The van der Waals surface area contributed by atoms with Crippen molar-refractivity contribution in [3.63, 3.8) is 0 Å². The smallest absolute Gasteiger partial charge is 0.425 e. The predicted octanol–water partition coefficient (Wildman–Crippen LogP) is 5.49. The summed E-state index contributed by atoms with van der Waals surface area (Å²) in [5.74, 6) is -0.0837. The Morgan fingerprint density at radius 2 is 1.78 bits per heavy atom. The molecule has 1 aliphatic rings. The third kappa shape index (κ3) is 10.9. The van der Waals surface area contributed by atoms with Crippen LogP contribution in [0.25, 0.3) is 0 Å². The van der Waals surface area contributed by atoms with Crippen molar-refractivity contribution in [2.45, 2.75) is 90.1 Å². The molecule has 0 spiro atoms. The average molecular weight is 421 g/mol. The number of ether oxygens (including phenoxy) is 3. The molecule has 0 aromatic rings. The number of esters is 2. The van der Waals surface area contributed by atoms with Gasteiger partial charge in [0.15, 0.2) is 0 Å². The minimum Gasteiger partial charge on any atom is -0.425 e. The molecule has 8 heteroatoms. The van der Waals surface area contributed by atoms with Gasteiger partial charge < -0.3 is 14.2 Å². The Hall–Kier alpha value is -0.890. The molecule has 1 rings (SSSR count). The standard InChI is InChI=1S/C19H32O6S2/c1-4-8-15(9-5-2)18(21)25-19(22)24-14(3)23-17(20)11-7-6-10-16-12-13-26-27-16/h14-16H,4-13H2,1-3H3/t14?,16-/m1/s1. The molecule has 156 valence electrons. The van der Waals surface area contributed by atoms with Crippen molar-refractivity contribution < 1.29 is 28.6 Å². The van der Waals surface area contributed by atoms with E-state index in [1.54, 1.807) is 0 Å². The lowest BCUT2D eigenvalue weighted by Gasteiger charge is -2.16. The Kier molecular flexibility index (Phi) is 12.7. The van der Waals surface area contributed by atoms with E-state index >= 15 is 0 Å². The molecule has 0 bridgehead atoms. The van der Waals surface area contributed by atoms with E-state index in [2.05, 4.69) is 0 Å². The zero-order chi connectivity index (χ0) is 20.1. The van der Waals surface area contributed by atoms with Crippen molar-refractivity contribution in [2.24, 2.45) is 5.92 Å². The highest BCUT2D eigenvalue weighted by atomic mass is 33.1. The Bertz CT molecular complexity index is 459. The van der Waals surface area contributed by atoms with Gasteiger partial charge in [-0.05, 0) is 32.1 Å². The molecule has 1 unspecified atom stereocenters. The van der Waals surface area contributed by atoms with Crippen molar-refractivity contribution in [2.75, 3.05) is 5.75 Å². The fourth-order valence-corrected chi connectivity index (χ4v) is 5.90.